The lowest BCUT2D eigenvalue weighted by molar-refractivity contribution is -0.703. The smallest absolute Gasteiger partial charge is 0.234 e. The van der Waals surface area contributed by atoms with Crippen LogP contribution in [0.3, 0.4) is 0 Å². The number of rotatable bonds is 18. The Morgan fingerprint density at radius 2 is 1.23 bits per heavy atom. The lowest BCUT2D eigenvalue weighted by Crippen LogP contribution is -2.37. The molecule has 2 nitrogen and oxygen atoms in total. The molecule has 1 aromatic heterocycles. The molecule has 0 atom stereocenters. The van der Waals surface area contributed by atoms with E-state index in [0.717, 1.165) is 13.1 Å². The highest BCUT2D eigenvalue weighted by Crippen LogP contribution is 2.14. The van der Waals surface area contributed by atoms with Crippen molar-refractivity contribution in [2.75, 3.05) is 0 Å². The molecule has 1 aromatic carbocycles. The second-order valence-electron chi connectivity index (χ2n) is 9.01. The van der Waals surface area contributed by atoms with Crippen LogP contribution < -0.4 is 4.57 Å². The van der Waals surface area contributed by atoms with Crippen LogP contribution in [0.2, 0.25) is 0 Å². The van der Waals surface area contributed by atoms with Crippen LogP contribution in [0.1, 0.15) is 115 Å². The van der Waals surface area contributed by atoms with Crippen molar-refractivity contribution in [2.45, 2.75) is 123 Å². The van der Waals surface area contributed by atoms with Crippen LogP contribution in [-0.4, -0.2) is 4.57 Å². The summed E-state index contributed by atoms with van der Waals surface area (Å²) < 4.78 is 4.94. The van der Waals surface area contributed by atoms with Gasteiger partial charge in [0.2, 0.25) is 0 Å². The maximum absolute atomic E-state index is 2.48. The van der Waals surface area contributed by atoms with Crippen LogP contribution in [0.4, 0.5) is 0 Å². The van der Waals surface area contributed by atoms with E-state index < -0.39 is 0 Å². The summed E-state index contributed by atoms with van der Waals surface area (Å²) in [4.78, 5) is 0. The zero-order valence-electron chi connectivity index (χ0n) is 20.0. The van der Waals surface area contributed by atoms with E-state index in [1.165, 1.54) is 108 Å². The summed E-state index contributed by atoms with van der Waals surface area (Å²) in [5, 5.41) is 0. The molecule has 0 N–H and O–H groups in total. The minimum atomic E-state index is 0.991. The first-order valence-electron chi connectivity index (χ1n) is 13.0. The maximum Gasteiger partial charge on any atom is 0.256 e. The fraction of sp³-hybridized carbons (Fsp3) is 0.679. The number of aryl methyl sites for hydroxylation is 1. The van der Waals surface area contributed by atoms with Crippen molar-refractivity contribution in [3.05, 3.63) is 54.1 Å². The van der Waals surface area contributed by atoms with Crippen molar-refractivity contribution in [3.63, 3.8) is 0 Å². The Labute approximate surface area is 186 Å². The van der Waals surface area contributed by atoms with Crippen molar-refractivity contribution in [3.8, 4) is 0 Å². The van der Waals surface area contributed by atoms with Gasteiger partial charge in [-0.2, -0.15) is 0 Å². The van der Waals surface area contributed by atoms with Crippen LogP contribution in [0.25, 0.3) is 0 Å². The standard InChI is InChI=1S/C28H47N2/c1-3-5-6-7-8-9-10-11-12-13-14-15-19-22-28-29(23-4-2)24-25-30(28)26-27-20-17-16-18-21-27/h16-18,20-21,24-25H,3-15,19,22-23,26H2,1-2H3/q+1. The van der Waals surface area contributed by atoms with Crippen LogP contribution in [0.15, 0.2) is 42.7 Å². The van der Waals surface area contributed by atoms with Gasteiger partial charge >= 0.3 is 0 Å². The quantitative estimate of drug-likeness (QED) is 0.174. The van der Waals surface area contributed by atoms with E-state index in [-0.39, 0.29) is 0 Å². The average molecular weight is 412 g/mol. The number of unbranched alkanes of at least 4 members (excludes halogenated alkanes) is 12. The Morgan fingerprint density at radius 3 is 1.80 bits per heavy atom. The summed E-state index contributed by atoms with van der Waals surface area (Å²) in [6, 6.07) is 10.9. The molecule has 30 heavy (non-hydrogen) atoms. The zero-order valence-corrected chi connectivity index (χ0v) is 20.0. The average Bonchev–Trinajstić information content (AvgIpc) is 3.13. The molecule has 0 saturated heterocycles. The number of benzene rings is 1. The van der Waals surface area contributed by atoms with Gasteiger partial charge in [0.25, 0.3) is 5.82 Å². The Hall–Kier alpha value is -1.57. The minimum Gasteiger partial charge on any atom is -0.234 e. The second kappa shape index (κ2) is 16.2. The first-order valence-corrected chi connectivity index (χ1v) is 13.0. The molecule has 0 unspecified atom stereocenters. The normalized spacial score (nSPS) is 11.3. The number of hydrogen-bond acceptors (Lipinski definition) is 0. The molecule has 0 amide bonds. The highest BCUT2D eigenvalue weighted by molar-refractivity contribution is 5.15. The molecule has 2 aromatic rings. The van der Waals surface area contributed by atoms with Gasteiger partial charge in [0.1, 0.15) is 18.9 Å². The van der Waals surface area contributed by atoms with E-state index >= 15 is 0 Å². The summed E-state index contributed by atoms with van der Waals surface area (Å²) in [5.41, 5.74) is 1.39. The van der Waals surface area contributed by atoms with Crippen molar-refractivity contribution < 1.29 is 4.57 Å². The predicted octanol–water partition coefficient (Wildman–Crippen LogP) is 7.87. The van der Waals surface area contributed by atoms with Crippen LogP contribution in [0, 0.1) is 0 Å². The first-order chi connectivity index (χ1) is 14.8. The molecule has 2 rings (SSSR count). The Balaban J connectivity index is 1.60. The number of aromatic nitrogens is 2. The van der Waals surface area contributed by atoms with E-state index in [0.29, 0.717) is 0 Å². The van der Waals surface area contributed by atoms with Gasteiger partial charge in [-0.3, -0.25) is 0 Å². The van der Waals surface area contributed by atoms with Gasteiger partial charge in [-0.25, -0.2) is 9.13 Å². The highest BCUT2D eigenvalue weighted by Gasteiger charge is 2.16. The molecule has 0 aliphatic heterocycles. The van der Waals surface area contributed by atoms with E-state index in [9.17, 15) is 0 Å². The molecule has 0 saturated carbocycles. The third-order valence-corrected chi connectivity index (χ3v) is 6.25. The fourth-order valence-corrected chi connectivity index (χ4v) is 4.45. The fourth-order valence-electron chi connectivity index (χ4n) is 4.45. The summed E-state index contributed by atoms with van der Waals surface area (Å²) in [7, 11) is 0. The Bertz CT molecular complexity index is 644. The van der Waals surface area contributed by atoms with Crippen LogP contribution in [-0.2, 0) is 19.5 Å². The van der Waals surface area contributed by atoms with Gasteiger partial charge in [-0.15, -0.1) is 0 Å². The largest absolute Gasteiger partial charge is 0.256 e. The van der Waals surface area contributed by atoms with Crippen molar-refractivity contribution in [2.24, 2.45) is 0 Å². The highest BCUT2D eigenvalue weighted by atomic mass is 15.1. The SMILES string of the molecule is CCCCCCCCCCCCCCCc1n(Cc2ccccc2)cc[n+]1CCC. The molecule has 0 aliphatic rings. The van der Waals surface area contributed by atoms with E-state index in [1.807, 2.05) is 0 Å². The lowest BCUT2D eigenvalue weighted by Gasteiger charge is -2.06. The molecular formula is C28H47N2+. The summed E-state index contributed by atoms with van der Waals surface area (Å²) in [6.45, 7) is 6.70. The van der Waals surface area contributed by atoms with E-state index in [1.54, 1.807) is 0 Å². The van der Waals surface area contributed by atoms with Crippen LogP contribution >= 0.6 is 0 Å². The van der Waals surface area contributed by atoms with Gasteiger partial charge in [0.05, 0.1) is 6.54 Å². The minimum absolute atomic E-state index is 0.991. The zero-order chi connectivity index (χ0) is 21.3. The van der Waals surface area contributed by atoms with E-state index in [2.05, 4.69) is 65.7 Å². The van der Waals surface area contributed by atoms with E-state index in [4.69, 9.17) is 0 Å². The topological polar surface area (TPSA) is 8.81 Å². The Morgan fingerprint density at radius 1 is 0.667 bits per heavy atom. The molecule has 0 radical (unpaired) electrons. The number of hydrogen-bond donors (Lipinski definition) is 0. The lowest BCUT2D eigenvalue weighted by atomic mass is 10.0. The van der Waals surface area contributed by atoms with Gasteiger partial charge in [0.15, 0.2) is 0 Å². The van der Waals surface area contributed by atoms with Gasteiger partial charge in [-0.1, -0.05) is 121 Å². The summed E-state index contributed by atoms with van der Waals surface area (Å²) >= 11 is 0. The molecule has 0 spiro atoms. The molecule has 0 aliphatic carbocycles. The number of imidazole rings is 1. The summed E-state index contributed by atoms with van der Waals surface area (Å²) in [6.07, 6.45) is 25.4. The number of nitrogens with zero attached hydrogens (tertiary/aromatic N) is 2. The molecular weight excluding hydrogens is 364 g/mol. The third kappa shape index (κ3) is 9.96. The first kappa shape index (κ1) is 24.7. The Kier molecular flexibility index (Phi) is 13.3. The van der Waals surface area contributed by atoms with Crippen molar-refractivity contribution in [1.29, 1.82) is 0 Å². The third-order valence-electron chi connectivity index (χ3n) is 6.25. The van der Waals surface area contributed by atoms with Gasteiger partial charge < -0.3 is 0 Å². The monoisotopic (exact) mass is 411 g/mol. The van der Waals surface area contributed by atoms with Gasteiger partial charge in [0, 0.05) is 6.42 Å². The molecule has 0 fully saturated rings. The molecule has 2 heteroatoms. The molecule has 0 bridgehead atoms. The second-order valence-corrected chi connectivity index (χ2v) is 9.01. The predicted molar refractivity (Wildman–Crippen MR) is 130 cm³/mol. The summed E-state index contributed by atoms with van der Waals surface area (Å²) in [5.74, 6) is 1.50. The van der Waals surface area contributed by atoms with Crippen molar-refractivity contribution in [1.82, 2.24) is 4.57 Å². The van der Waals surface area contributed by atoms with Crippen molar-refractivity contribution >= 4 is 0 Å². The maximum atomic E-state index is 2.48. The molecule has 168 valence electrons. The van der Waals surface area contributed by atoms with Gasteiger partial charge in [-0.05, 0) is 18.4 Å². The molecule has 1 heterocycles. The van der Waals surface area contributed by atoms with Crippen LogP contribution in [0.5, 0.6) is 0 Å².